The number of hydrogen-bond donors (Lipinski definition) is 2. The van der Waals surface area contributed by atoms with Gasteiger partial charge in [-0.3, -0.25) is 9.59 Å². The molecule has 1 atom stereocenters. The molecule has 4 rings (SSSR count). The van der Waals surface area contributed by atoms with E-state index in [-0.39, 0.29) is 17.9 Å². The summed E-state index contributed by atoms with van der Waals surface area (Å²) < 4.78 is 5.47. The number of likely N-dealkylation sites (tertiary alicyclic amines) is 1. The van der Waals surface area contributed by atoms with Crippen LogP contribution in [0.4, 0.5) is 11.6 Å². The molecule has 0 bridgehead atoms. The third-order valence-electron chi connectivity index (χ3n) is 5.74. The Balaban J connectivity index is 1.38. The summed E-state index contributed by atoms with van der Waals surface area (Å²) in [6, 6.07) is 12.9. The van der Waals surface area contributed by atoms with Crippen LogP contribution in [-0.2, 0) is 4.79 Å². The molecule has 1 aliphatic rings. The van der Waals surface area contributed by atoms with E-state index in [2.05, 4.69) is 20.6 Å². The van der Waals surface area contributed by atoms with Gasteiger partial charge < -0.3 is 25.2 Å². The molecule has 2 N–H and O–H groups in total. The molecule has 9 nitrogen and oxygen atoms in total. The fourth-order valence-corrected chi connectivity index (χ4v) is 3.96. The number of anilines is 2. The molecule has 2 amide bonds. The first-order valence-corrected chi connectivity index (χ1v) is 11.5. The van der Waals surface area contributed by atoms with Gasteiger partial charge in [-0.2, -0.15) is 0 Å². The number of nitrogens with one attached hydrogen (secondary N) is 2. The lowest BCUT2D eigenvalue weighted by molar-refractivity contribution is -0.111. The van der Waals surface area contributed by atoms with E-state index in [0.717, 1.165) is 17.3 Å². The van der Waals surface area contributed by atoms with Crippen LogP contribution in [0.15, 0.2) is 60.8 Å². The number of amides is 2. The van der Waals surface area contributed by atoms with Crippen molar-refractivity contribution in [1.29, 1.82) is 0 Å². The fraction of sp³-hybridized carbons (Fsp3) is 0.308. The van der Waals surface area contributed by atoms with Crippen molar-refractivity contribution in [2.45, 2.75) is 12.5 Å². The molecule has 1 aliphatic heterocycles. The van der Waals surface area contributed by atoms with Crippen LogP contribution in [0.25, 0.3) is 10.9 Å². The highest BCUT2D eigenvalue weighted by Crippen LogP contribution is 2.26. The number of rotatable bonds is 8. The summed E-state index contributed by atoms with van der Waals surface area (Å²) in [4.78, 5) is 38.1. The van der Waals surface area contributed by atoms with Gasteiger partial charge in [-0.25, -0.2) is 9.97 Å². The zero-order valence-electron chi connectivity index (χ0n) is 20.2. The maximum Gasteiger partial charge on any atom is 0.257 e. The molecule has 2 aromatic carbocycles. The van der Waals surface area contributed by atoms with Crippen LogP contribution in [0.2, 0.25) is 0 Å². The fourth-order valence-electron chi connectivity index (χ4n) is 3.96. The van der Waals surface area contributed by atoms with Crippen molar-refractivity contribution in [2.24, 2.45) is 0 Å². The van der Waals surface area contributed by atoms with Crippen molar-refractivity contribution in [1.82, 2.24) is 19.8 Å². The zero-order chi connectivity index (χ0) is 24.8. The van der Waals surface area contributed by atoms with E-state index in [0.29, 0.717) is 42.6 Å². The van der Waals surface area contributed by atoms with E-state index in [1.807, 2.05) is 43.3 Å². The number of benzene rings is 2. The minimum Gasteiger partial charge on any atom is -0.496 e. The number of nitrogens with zero attached hydrogens (tertiary/aromatic N) is 4. The van der Waals surface area contributed by atoms with Crippen LogP contribution in [0.5, 0.6) is 5.75 Å². The SMILES string of the molecule is COc1cc(NC(=O)C=CCN(C)C)ccc1C(=O)N1CCC(Nc2ncc3ccccc3n2)C1. The summed E-state index contributed by atoms with van der Waals surface area (Å²) in [6.07, 6.45) is 5.86. The van der Waals surface area contributed by atoms with E-state index in [4.69, 9.17) is 4.74 Å². The molecule has 3 aromatic rings. The predicted molar refractivity (Wildman–Crippen MR) is 137 cm³/mol. The number of hydrogen-bond acceptors (Lipinski definition) is 7. The average molecular weight is 475 g/mol. The van der Waals surface area contributed by atoms with Gasteiger partial charge in [0.1, 0.15) is 5.75 Å². The van der Waals surface area contributed by atoms with E-state index in [1.165, 1.54) is 13.2 Å². The zero-order valence-corrected chi connectivity index (χ0v) is 20.2. The molecule has 2 heterocycles. The summed E-state index contributed by atoms with van der Waals surface area (Å²) in [5, 5.41) is 7.13. The van der Waals surface area contributed by atoms with Crippen LogP contribution >= 0.6 is 0 Å². The van der Waals surface area contributed by atoms with Gasteiger partial charge in [0.25, 0.3) is 5.91 Å². The van der Waals surface area contributed by atoms with Gasteiger partial charge in [-0.15, -0.1) is 0 Å². The molecule has 0 aliphatic carbocycles. The van der Waals surface area contributed by atoms with Crippen LogP contribution < -0.4 is 15.4 Å². The second kappa shape index (κ2) is 11.0. The van der Waals surface area contributed by atoms with Crippen LogP contribution in [0.1, 0.15) is 16.8 Å². The maximum atomic E-state index is 13.2. The molecule has 35 heavy (non-hydrogen) atoms. The Morgan fingerprint density at radius 1 is 1.23 bits per heavy atom. The van der Waals surface area contributed by atoms with E-state index in [1.54, 1.807) is 35.4 Å². The largest absolute Gasteiger partial charge is 0.496 e. The summed E-state index contributed by atoms with van der Waals surface area (Å²) in [6.45, 7) is 1.82. The van der Waals surface area contributed by atoms with Gasteiger partial charge in [0.15, 0.2) is 0 Å². The molecule has 182 valence electrons. The van der Waals surface area contributed by atoms with E-state index < -0.39 is 0 Å². The molecule has 1 aromatic heterocycles. The summed E-state index contributed by atoms with van der Waals surface area (Å²) in [5.41, 5.74) is 1.89. The average Bonchev–Trinajstić information content (AvgIpc) is 3.31. The van der Waals surface area contributed by atoms with Gasteiger partial charge in [-0.05, 0) is 38.7 Å². The van der Waals surface area contributed by atoms with Crippen LogP contribution in [0.3, 0.4) is 0 Å². The highest BCUT2D eigenvalue weighted by molar-refractivity contribution is 6.01. The Labute approximate surface area is 204 Å². The molecule has 0 radical (unpaired) electrons. The normalized spacial score (nSPS) is 15.7. The Bertz CT molecular complexity index is 1240. The number of para-hydroxylation sites is 1. The predicted octanol–water partition coefficient (Wildman–Crippen LogP) is 3.02. The maximum absolute atomic E-state index is 13.2. The molecule has 0 saturated carbocycles. The number of fused-ring (bicyclic) bond motifs is 1. The quantitative estimate of drug-likeness (QED) is 0.484. The monoisotopic (exact) mass is 474 g/mol. The molecule has 1 fully saturated rings. The second-order valence-electron chi connectivity index (χ2n) is 8.70. The summed E-state index contributed by atoms with van der Waals surface area (Å²) in [7, 11) is 5.37. The smallest absolute Gasteiger partial charge is 0.257 e. The van der Waals surface area contributed by atoms with Crippen molar-refractivity contribution in [2.75, 3.05) is 51.5 Å². The van der Waals surface area contributed by atoms with Crippen molar-refractivity contribution < 1.29 is 14.3 Å². The number of methoxy groups -OCH3 is 1. The van der Waals surface area contributed by atoms with Crippen molar-refractivity contribution in [3.8, 4) is 5.75 Å². The number of carbonyl (C=O) groups excluding carboxylic acids is 2. The topological polar surface area (TPSA) is 99.7 Å². The van der Waals surface area contributed by atoms with Gasteiger partial charge in [0, 0.05) is 55.1 Å². The first-order valence-electron chi connectivity index (χ1n) is 11.5. The number of ether oxygens (including phenoxy) is 1. The van der Waals surface area contributed by atoms with Crippen LogP contribution in [-0.4, -0.2) is 78.5 Å². The minimum absolute atomic E-state index is 0.0543. The standard InChI is InChI=1S/C26H30N6O3/c1-31(2)13-6-9-24(33)28-19-10-11-21(23(15-19)35-3)25(34)32-14-12-20(17-32)29-26-27-16-18-7-4-5-8-22(18)30-26/h4-11,15-16,20H,12-14,17H2,1-3H3,(H,28,33)(H,27,29,30). The lowest BCUT2D eigenvalue weighted by atomic mass is 10.1. The molecular formula is C26H30N6O3. The molecule has 9 heteroatoms. The lowest BCUT2D eigenvalue weighted by Crippen LogP contribution is -2.32. The van der Waals surface area contributed by atoms with Gasteiger partial charge in [0.05, 0.1) is 18.2 Å². The van der Waals surface area contributed by atoms with Gasteiger partial charge >= 0.3 is 0 Å². The van der Waals surface area contributed by atoms with Gasteiger partial charge in [-0.1, -0.05) is 24.3 Å². The van der Waals surface area contributed by atoms with Gasteiger partial charge in [0.2, 0.25) is 11.9 Å². The third-order valence-corrected chi connectivity index (χ3v) is 5.74. The van der Waals surface area contributed by atoms with Crippen molar-refractivity contribution >= 4 is 34.4 Å². The first kappa shape index (κ1) is 24.2. The summed E-state index contributed by atoms with van der Waals surface area (Å²) in [5.74, 6) is 0.617. The summed E-state index contributed by atoms with van der Waals surface area (Å²) >= 11 is 0. The Hall–Kier alpha value is -3.98. The molecule has 1 unspecified atom stereocenters. The third kappa shape index (κ3) is 6.13. The van der Waals surface area contributed by atoms with Crippen molar-refractivity contribution in [3.63, 3.8) is 0 Å². The van der Waals surface area contributed by atoms with E-state index in [9.17, 15) is 9.59 Å². The number of carbonyl (C=O) groups is 2. The van der Waals surface area contributed by atoms with E-state index >= 15 is 0 Å². The first-order chi connectivity index (χ1) is 16.9. The Morgan fingerprint density at radius 3 is 2.86 bits per heavy atom. The molecule has 0 spiro atoms. The highest BCUT2D eigenvalue weighted by Gasteiger charge is 2.29. The Kier molecular flexibility index (Phi) is 7.57. The molecular weight excluding hydrogens is 444 g/mol. The highest BCUT2D eigenvalue weighted by atomic mass is 16.5. The Morgan fingerprint density at radius 2 is 2.06 bits per heavy atom. The molecule has 1 saturated heterocycles. The number of likely N-dealkylation sites (N-methyl/N-ethyl adjacent to an activating group) is 1. The second-order valence-corrected chi connectivity index (χ2v) is 8.70. The lowest BCUT2D eigenvalue weighted by Gasteiger charge is -2.19. The number of aromatic nitrogens is 2. The van der Waals surface area contributed by atoms with Crippen LogP contribution in [0, 0.1) is 0 Å². The van der Waals surface area contributed by atoms with Crippen molar-refractivity contribution in [3.05, 3.63) is 66.4 Å². The minimum atomic E-state index is -0.239.